The van der Waals surface area contributed by atoms with E-state index in [-0.39, 0.29) is 0 Å². The molecule has 0 spiro atoms. The van der Waals surface area contributed by atoms with Crippen LogP contribution in [0.15, 0.2) is 16.6 Å². The molecule has 2 nitrogen and oxygen atoms in total. The lowest BCUT2D eigenvalue weighted by atomic mass is 10.1. The summed E-state index contributed by atoms with van der Waals surface area (Å²) in [6.07, 6.45) is 0.525. The van der Waals surface area contributed by atoms with Crippen LogP contribution in [-0.2, 0) is 0 Å². The van der Waals surface area contributed by atoms with E-state index in [1.807, 2.05) is 0 Å². The number of halogens is 3. The van der Waals surface area contributed by atoms with Gasteiger partial charge in [-0.1, -0.05) is 23.2 Å². The maximum atomic E-state index is 9.52. The summed E-state index contributed by atoms with van der Waals surface area (Å²) in [6.45, 7) is 3.85. The van der Waals surface area contributed by atoms with Gasteiger partial charge in [-0.3, -0.25) is 0 Å². The van der Waals surface area contributed by atoms with Crippen molar-refractivity contribution in [3.63, 3.8) is 0 Å². The van der Waals surface area contributed by atoms with Gasteiger partial charge in [0.1, 0.15) is 5.75 Å². The largest absolute Gasteiger partial charge is 0.492 e. The predicted octanol–water partition coefficient (Wildman–Crippen LogP) is 4.30. The minimum atomic E-state index is -0.744. The van der Waals surface area contributed by atoms with E-state index in [4.69, 9.17) is 27.9 Å². The van der Waals surface area contributed by atoms with Crippen molar-refractivity contribution in [3.8, 4) is 5.75 Å². The topological polar surface area (TPSA) is 29.5 Å². The Bertz CT molecular complexity index is 375. The van der Waals surface area contributed by atoms with Gasteiger partial charge in [-0.2, -0.15) is 0 Å². The maximum Gasteiger partial charge on any atom is 0.139 e. The van der Waals surface area contributed by atoms with E-state index in [1.54, 1.807) is 26.0 Å². The van der Waals surface area contributed by atoms with E-state index in [9.17, 15) is 5.11 Å². The lowest BCUT2D eigenvalue weighted by molar-refractivity contribution is 0.0553. The quantitative estimate of drug-likeness (QED) is 0.836. The second kappa shape index (κ2) is 5.58. The summed E-state index contributed by atoms with van der Waals surface area (Å²) in [5.74, 6) is 0.527. The van der Waals surface area contributed by atoms with Crippen LogP contribution in [0.25, 0.3) is 0 Å². The number of hydrogen-bond donors (Lipinski definition) is 1. The first-order valence-electron chi connectivity index (χ1n) is 4.79. The van der Waals surface area contributed by atoms with Gasteiger partial charge in [0.15, 0.2) is 0 Å². The highest BCUT2D eigenvalue weighted by molar-refractivity contribution is 9.10. The van der Waals surface area contributed by atoms with Crippen LogP contribution in [0.3, 0.4) is 0 Å². The monoisotopic (exact) mass is 326 g/mol. The summed E-state index contributed by atoms with van der Waals surface area (Å²) in [7, 11) is 0. The summed E-state index contributed by atoms with van der Waals surface area (Å²) in [6, 6.07) is 3.33. The number of hydrogen-bond acceptors (Lipinski definition) is 2. The second-order valence-corrected chi connectivity index (χ2v) is 5.78. The molecule has 0 bridgehead atoms. The molecule has 1 aromatic carbocycles. The normalized spacial score (nSPS) is 11.6. The fourth-order valence-corrected chi connectivity index (χ4v) is 1.87. The molecule has 1 rings (SSSR count). The molecule has 1 N–H and O–H groups in total. The van der Waals surface area contributed by atoms with Gasteiger partial charge in [-0.15, -0.1) is 0 Å². The molecule has 1 aromatic rings. The summed E-state index contributed by atoms with van der Waals surface area (Å²) in [5, 5.41) is 10.6. The van der Waals surface area contributed by atoms with Crippen LogP contribution < -0.4 is 4.74 Å². The van der Waals surface area contributed by atoms with Crippen LogP contribution in [0.1, 0.15) is 20.3 Å². The zero-order valence-electron chi connectivity index (χ0n) is 9.06. The van der Waals surface area contributed by atoms with E-state index in [2.05, 4.69) is 15.9 Å². The molecule has 0 fully saturated rings. The van der Waals surface area contributed by atoms with Gasteiger partial charge < -0.3 is 9.84 Å². The van der Waals surface area contributed by atoms with E-state index < -0.39 is 5.60 Å². The Labute approximate surface area is 114 Å². The van der Waals surface area contributed by atoms with Crippen molar-refractivity contribution in [3.05, 3.63) is 26.7 Å². The van der Waals surface area contributed by atoms with Gasteiger partial charge in [-0.05, 0) is 35.8 Å². The first-order valence-corrected chi connectivity index (χ1v) is 6.34. The molecular formula is C11H13BrCl2O2. The third-order valence-electron chi connectivity index (χ3n) is 1.95. The van der Waals surface area contributed by atoms with Crippen molar-refractivity contribution in [2.75, 3.05) is 6.61 Å². The van der Waals surface area contributed by atoms with Crippen LogP contribution in [0, 0.1) is 0 Å². The van der Waals surface area contributed by atoms with E-state index in [1.165, 1.54) is 0 Å². The first kappa shape index (κ1) is 14.1. The molecule has 90 valence electrons. The number of benzene rings is 1. The third kappa shape index (κ3) is 4.50. The fraction of sp³-hybridized carbons (Fsp3) is 0.455. The van der Waals surface area contributed by atoms with Gasteiger partial charge in [-0.25, -0.2) is 0 Å². The minimum absolute atomic E-state index is 0.390. The Hall–Kier alpha value is 0.0400. The van der Waals surface area contributed by atoms with Crippen LogP contribution in [0.2, 0.25) is 10.0 Å². The zero-order valence-corrected chi connectivity index (χ0v) is 12.2. The first-order chi connectivity index (χ1) is 7.29. The van der Waals surface area contributed by atoms with Crippen LogP contribution in [0.5, 0.6) is 5.75 Å². The van der Waals surface area contributed by atoms with E-state index in [0.717, 1.165) is 4.47 Å². The molecule has 0 aliphatic heterocycles. The molecular weight excluding hydrogens is 315 g/mol. The highest BCUT2D eigenvalue weighted by Gasteiger charge is 2.13. The summed E-state index contributed by atoms with van der Waals surface area (Å²) in [4.78, 5) is 0. The van der Waals surface area contributed by atoms with Gasteiger partial charge in [0.05, 0.1) is 22.3 Å². The Morgan fingerprint density at radius 2 is 1.94 bits per heavy atom. The lowest BCUT2D eigenvalue weighted by Gasteiger charge is -2.17. The maximum absolute atomic E-state index is 9.52. The summed E-state index contributed by atoms with van der Waals surface area (Å²) < 4.78 is 6.18. The van der Waals surface area contributed by atoms with Gasteiger partial charge in [0, 0.05) is 17.0 Å². The third-order valence-corrected chi connectivity index (χ3v) is 3.44. The Morgan fingerprint density at radius 1 is 1.31 bits per heavy atom. The molecule has 16 heavy (non-hydrogen) atoms. The standard InChI is InChI=1S/C11H13BrCl2O2/c1-11(2,15)3-4-16-10-6-8(13)7(12)5-9(10)14/h5-6,15H,3-4H2,1-2H3. The number of ether oxygens (including phenoxy) is 1. The fourth-order valence-electron chi connectivity index (χ4n) is 1.03. The molecule has 0 atom stereocenters. The summed E-state index contributed by atoms with van der Waals surface area (Å²) in [5.41, 5.74) is -0.744. The van der Waals surface area contributed by atoms with Crippen molar-refractivity contribution in [2.24, 2.45) is 0 Å². The summed E-state index contributed by atoms with van der Waals surface area (Å²) >= 11 is 15.2. The van der Waals surface area contributed by atoms with Gasteiger partial charge in [0.25, 0.3) is 0 Å². The average Bonchev–Trinajstić information content (AvgIpc) is 2.11. The van der Waals surface area contributed by atoms with E-state index in [0.29, 0.717) is 28.8 Å². The van der Waals surface area contributed by atoms with Crippen molar-refractivity contribution in [1.29, 1.82) is 0 Å². The van der Waals surface area contributed by atoms with Crippen molar-refractivity contribution in [2.45, 2.75) is 25.9 Å². The molecule has 0 aromatic heterocycles. The molecule has 0 radical (unpaired) electrons. The van der Waals surface area contributed by atoms with Crippen LogP contribution >= 0.6 is 39.1 Å². The molecule has 0 saturated heterocycles. The molecule has 0 amide bonds. The highest BCUT2D eigenvalue weighted by atomic mass is 79.9. The van der Waals surface area contributed by atoms with Gasteiger partial charge in [0.2, 0.25) is 0 Å². The van der Waals surface area contributed by atoms with Crippen molar-refractivity contribution < 1.29 is 9.84 Å². The zero-order chi connectivity index (χ0) is 12.3. The minimum Gasteiger partial charge on any atom is -0.492 e. The molecule has 0 aliphatic rings. The SMILES string of the molecule is CC(C)(O)CCOc1cc(Cl)c(Br)cc1Cl. The van der Waals surface area contributed by atoms with Crippen LogP contribution in [-0.4, -0.2) is 17.3 Å². The molecule has 0 aliphatic carbocycles. The van der Waals surface area contributed by atoms with E-state index >= 15 is 0 Å². The van der Waals surface area contributed by atoms with Gasteiger partial charge >= 0.3 is 0 Å². The number of rotatable bonds is 4. The lowest BCUT2D eigenvalue weighted by Crippen LogP contribution is -2.21. The second-order valence-electron chi connectivity index (χ2n) is 4.11. The van der Waals surface area contributed by atoms with Crippen LogP contribution in [0.4, 0.5) is 0 Å². The number of aliphatic hydroxyl groups is 1. The Kier molecular flexibility index (Phi) is 4.92. The predicted molar refractivity (Wildman–Crippen MR) is 70.6 cm³/mol. The van der Waals surface area contributed by atoms with Crippen molar-refractivity contribution >= 4 is 39.1 Å². The highest BCUT2D eigenvalue weighted by Crippen LogP contribution is 2.34. The Morgan fingerprint density at radius 3 is 2.50 bits per heavy atom. The molecule has 0 unspecified atom stereocenters. The molecule has 5 heteroatoms. The smallest absolute Gasteiger partial charge is 0.139 e. The molecule has 0 heterocycles. The average molecular weight is 328 g/mol. The Balaban J connectivity index is 2.64. The molecule has 0 saturated carbocycles. The van der Waals surface area contributed by atoms with Crippen molar-refractivity contribution in [1.82, 2.24) is 0 Å².